The Morgan fingerprint density at radius 1 is 1.20 bits per heavy atom. The van der Waals surface area contributed by atoms with Gasteiger partial charge in [0.1, 0.15) is 11.5 Å². The van der Waals surface area contributed by atoms with Crippen molar-refractivity contribution in [3.05, 3.63) is 41.2 Å². The van der Waals surface area contributed by atoms with Gasteiger partial charge in [0.15, 0.2) is 0 Å². The molecule has 0 aliphatic rings. The Morgan fingerprint density at radius 2 is 1.95 bits per heavy atom. The van der Waals surface area contributed by atoms with E-state index >= 15 is 0 Å². The summed E-state index contributed by atoms with van der Waals surface area (Å²) in [6, 6.07) is 7.73. The molecule has 0 aliphatic heterocycles. The minimum Gasteiger partial charge on any atom is -0.495 e. The molecule has 20 heavy (non-hydrogen) atoms. The van der Waals surface area contributed by atoms with Crippen molar-refractivity contribution in [2.75, 3.05) is 19.5 Å². The standard InChI is InChI=1S/C15H19ClN2O2/c1-4-18-7-5-6-11(18)10-17-13-9-14(19-2)12(16)8-15(13)20-3/h5-9,17H,4,10H2,1-3H3. The van der Waals surface area contributed by atoms with E-state index in [4.69, 9.17) is 21.1 Å². The fraction of sp³-hybridized carbons (Fsp3) is 0.333. The largest absolute Gasteiger partial charge is 0.495 e. The predicted molar refractivity (Wildman–Crippen MR) is 82.0 cm³/mol. The predicted octanol–water partition coefficient (Wildman–Crippen LogP) is 3.79. The molecule has 0 aliphatic carbocycles. The SMILES string of the molecule is CCn1cccc1CNc1cc(OC)c(Cl)cc1OC. The average Bonchev–Trinajstić information content (AvgIpc) is 2.92. The molecule has 0 saturated heterocycles. The molecule has 0 amide bonds. The maximum atomic E-state index is 6.09. The van der Waals surface area contributed by atoms with Crippen molar-refractivity contribution >= 4 is 17.3 Å². The number of rotatable bonds is 6. The molecule has 0 radical (unpaired) electrons. The Hall–Kier alpha value is -1.81. The molecule has 0 bridgehead atoms. The molecular weight excluding hydrogens is 276 g/mol. The zero-order valence-corrected chi connectivity index (χ0v) is 12.7. The molecule has 0 saturated carbocycles. The number of anilines is 1. The molecule has 2 rings (SSSR count). The van der Waals surface area contributed by atoms with Crippen LogP contribution in [0.2, 0.25) is 5.02 Å². The van der Waals surface area contributed by atoms with Crippen LogP contribution in [-0.4, -0.2) is 18.8 Å². The second kappa shape index (κ2) is 6.57. The molecule has 2 aromatic rings. The van der Waals surface area contributed by atoms with Crippen molar-refractivity contribution in [1.29, 1.82) is 0 Å². The zero-order chi connectivity index (χ0) is 14.5. The first-order chi connectivity index (χ1) is 9.69. The molecule has 1 heterocycles. The number of nitrogens with one attached hydrogen (secondary N) is 1. The highest BCUT2D eigenvalue weighted by molar-refractivity contribution is 6.32. The average molecular weight is 295 g/mol. The van der Waals surface area contributed by atoms with Gasteiger partial charge in [-0.2, -0.15) is 0 Å². The van der Waals surface area contributed by atoms with E-state index in [2.05, 4.69) is 29.1 Å². The van der Waals surface area contributed by atoms with Crippen LogP contribution < -0.4 is 14.8 Å². The summed E-state index contributed by atoms with van der Waals surface area (Å²) in [6.45, 7) is 3.78. The summed E-state index contributed by atoms with van der Waals surface area (Å²) in [6.07, 6.45) is 2.07. The molecule has 1 aromatic heterocycles. The summed E-state index contributed by atoms with van der Waals surface area (Å²) >= 11 is 6.09. The van der Waals surface area contributed by atoms with Gasteiger partial charge in [0.2, 0.25) is 0 Å². The van der Waals surface area contributed by atoms with E-state index in [1.165, 1.54) is 5.69 Å². The second-order valence-corrected chi connectivity index (χ2v) is 4.73. The maximum Gasteiger partial charge on any atom is 0.143 e. The van der Waals surface area contributed by atoms with E-state index < -0.39 is 0 Å². The number of aryl methyl sites for hydroxylation is 1. The van der Waals surface area contributed by atoms with Crippen molar-refractivity contribution in [2.45, 2.75) is 20.0 Å². The van der Waals surface area contributed by atoms with Gasteiger partial charge in [-0.25, -0.2) is 0 Å². The summed E-state index contributed by atoms with van der Waals surface area (Å²) in [5.41, 5.74) is 2.07. The first-order valence-corrected chi connectivity index (χ1v) is 6.86. The summed E-state index contributed by atoms with van der Waals surface area (Å²) in [4.78, 5) is 0. The topological polar surface area (TPSA) is 35.4 Å². The Bertz CT molecular complexity index is 581. The van der Waals surface area contributed by atoms with Crippen molar-refractivity contribution in [3.8, 4) is 11.5 Å². The van der Waals surface area contributed by atoms with Gasteiger partial charge in [0.05, 0.1) is 31.5 Å². The first kappa shape index (κ1) is 14.6. The molecular formula is C15H19ClN2O2. The van der Waals surface area contributed by atoms with Crippen molar-refractivity contribution in [2.24, 2.45) is 0 Å². The van der Waals surface area contributed by atoms with Gasteiger partial charge in [-0.05, 0) is 19.1 Å². The Kier molecular flexibility index (Phi) is 4.79. The number of methoxy groups -OCH3 is 2. The fourth-order valence-corrected chi connectivity index (χ4v) is 2.33. The third-order valence-electron chi connectivity index (χ3n) is 3.20. The Morgan fingerprint density at radius 3 is 2.60 bits per heavy atom. The lowest BCUT2D eigenvalue weighted by atomic mass is 10.2. The fourth-order valence-electron chi connectivity index (χ4n) is 2.10. The molecule has 108 valence electrons. The number of hydrogen-bond donors (Lipinski definition) is 1. The molecule has 0 atom stereocenters. The summed E-state index contributed by atoms with van der Waals surface area (Å²) in [5, 5.41) is 3.89. The van der Waals surface area contributed by atoms with Gasteiger partial charge in [-0.3, -0.25) is 0 Å². The van der Waals surface area contributed by atoms with E-state index in [0.29, 0.717) is 23.1 Å². The smallest absolute Gasteiger partial charge is 0.143 e. The van der Waals surface area contributed by atoms with Gasteiger partial charge >= 0.3 is 0 Å². The normalized spacial score (nSPS) is 10.4. The van der Waals surface area contributed by atoms with E-state index in [1.807, 2.05) is 12.1 Å². The highest BCUT2D eigenvalue weighted by atomic mass is 35.5. The van der Waals surface area contributed by atoms with Crippen LogP contribution in [-0.2, 0) is 13.1 Å². The van der Waals surface area contributed by atoms with Crippen molar-refractivity contribution < 1.29 is 9.47 Å². The molecule has 0 unspecified atom stereocenters. The highest BCUT2D eigenvalue weighted by Gasteiger charge is 2.10. The third kappa shape index (κ3) is 3.02. The van der Waals surface area contributed by atoms with Gasteiger partial charge < -0.3 is 19.4 Å². The van der Waals surface area contributed by atoms with Gasteiger partial charge in [0, 0.05) is 30.6 Å². The van der Waals surface area contributed by atoms with Crippen LogP contribution >= 0.6 is 11.6 Å². The van der Waals surface area contributed by atoms with Crippen LogP contribution in [0.4, 0.5) is 5.69 Å². The van der Waals surface area contributed by atoms with Crippen LogP contribution in [0.3, 0.4) is 0 Å². The van der Waals surface area contributed by atoms with Gasteiger partial charge in [-0.15, -0.1) is 0 Å². The van der Waals surface area contributed by atoms with E-state index in [0.717, 1.165) is 12.2 Å². The number of hydrogen-bond acceptors (Lipinski definition) is 3. The molecule has 0 spiro atoms. The lowest BCUT2D eigenvalue weighted by molar-refractivity contribution is 0.404. The number of nitrogens with zero attached hydrogens (tertiary/aromatic N) is 1. The third-order valence-corrected chi connectivity index (χ3v) is 3.49. The van der Waals surface area contributed by atoms with Gasteiger partial charge in [-0.1, -0.05) is 11.6 Å². The second-order valence-electron chi connectivity index (χ2n) is 4.33. The quantitative estimate of drug-likeness (QED) is 0.880. The highest BCUT2D eigenvalue weighted by Crippen LogP contribution is 2.36. The van der Waals surface area contributed by atoms with Crippen LogP contribution in [0.25, 0.3) is 0 Å². The monoisotopic (exact) mass is 294 g/mol. The number of halogens is 1. The molecule has 0 fully saturated rings. The van der Waals surface area contributed by atoms with Crippen molar-refractivity contribution in [1.82, 2.24) is 4.57 Å². The zero-order valence-electron chi connectivity index (χ0n) is 11.9. The number of benzene rings is 1. The summed E-state index contributed by atoms with van der Waals surface area (Å²) in [5.74, 6) is 1.33. The Labute approximate surface area is 124 Å². The van der Waals surface area contributed by atoms with Crippen LogP contribution in [0, 0.1) is 0 Å². The Balaban J connectivity index is 2.20. The van der Waals surface area contributed by atoms with Crippen LogP contribution in [0.15, 0.2) is 30.5 Å². The number of ether oxygens (including phenoxy) is 2. The van der Waals surface area contributed by atoms with E-state index in [9.17, 15) is 0 Å². The maximum absolute atomic E-state index is 6.09. The summed E-state index contributed by atoms with van der Waals surface area (Å²) < 4.78 is 12.8. The summed E-state index contributed by atoms with van der Waals surface area (Å²) in [7, 11) is 3.22. The first-order valence-electron chi connectivity index (χ1n) is 6.49. The molecule has 5 heteroatoms. The van der Waals surface area contributed by atoms with E-state index in [1.54, 1.807) is 20.3 Å². The van der Waals surface area contributed by atoms with Crippen LogP contribution in [0.1, 0.15) is 12.6 Å². The lowest BCUT2D eigenvalue weighted by Crippen LogP contribution is -2.07. The molecule has 4 nitrogen and oxygen atoms in total. The van der Waals surface area contributed by atoms with E-state index in [-0.39, 0.29) is 0 Å². The lowest BCUT2D eigenvalue weighted by Gasteiger charge is -2.14. The van der Waals surface area contributed by atoms with Crippen molar-refractivity contribution in [3.63, 3.8) is 0 Å². The van der Waals surface area contributed by atoms with Gasteiger partial charge in [0.25, 0.3) is 0 Å². The number of aromatic nitrogens is 1. The molecule has 1 aromatic carbocycles. The van der Waals surface area contributed by atoms with Crippen LogP contribution in [0.5, 0.6) is 11.5 Å². The minimum absolute atomic E-state index is 0.534. The minimum atomic E-state index is 0.534. The molecule has 1 N–H and O–H groups in total.